The summed E-state index contributed by atoms with van der Waals surface area (Å²) in [6.45, 7) is 7.33. The largest absolute Gasteiger partial charge is 0.391 e. The van der Waals surface area contributed by atoms with Crippen LogP contribution in [-0.2, 0) is 0 Å². The molecule has 0 bridgehead atoms. The second-order valence-corrected chi connectivity index (χ2v) is 7.64. The predicted octanol–water partition coefficient (Wildman–Crippen LogP) is 2.88. The predicted molar refractivity (Wildman–Crippen MR) is 87.4 cm³/mol. The summed E-state index contributed by atoms with van der Waals surface area (Å²) in [5, 5.41) is 10.5. The van der Waals surface area contributed by atoms with Crippen LogP contribution in [0.2, 0.25) is 0 Å². The van der Waals surface area contributed by atoms with E-state index in [1.807, 2.05) is 0 Å². The summed E-state index contributed by atoms with van der Waals surface area (Å²) in [6, 6.07) is 1.22. The van der Waals surface area contributed by atoms with Gasteiger partial charge in [-0.25, -0.2) is 0 Å². The minimum atomic E-state index is -0.0711. The van der Waals surface area contributed by atoms with Crippen LogP contribution in [0, 0.1) is 5.92 Å². The molecule has 0 aromatic rings. The number of piperidine rings is 1. The summed E-state index contributed by atoms with van der Waals surface area (Å²) in [6.07, 6.45) is 11.6. The average Bonchev–Trinajstić information content (AvgIpc) is 3.00. The van der Waals surface area contributed by atoms with Crippen LogP contribution in [-0.4, -0.2) is 59.3 Å². The topological polar surface area (TPSA) is 26.7 Å². The van der Waals surface area contributed by atoms with Gasteiger partial charge in [0.2, 0.25) is 0 Å². The van der Waals surface area contributed by atoms with Crippen LogP contribution in [0.1, 0.15) is 64.7 Å². The molecule has 3 aliphatic rings. The van der Waals surface area contributed by atoms with Crippen molar-refractivity contribution in [2.75, 3.05) is 26.2 Å². The van der Waals surface area contributed by atoms with Gasteiger partial charge in [-0.3, -0.25) is 9.80 Å². The Balaban J connectivity index is 1.54. The third-order valence-electron chi connectivity index (χ3n) is 6.16. The SMILES string of the molecule is CCCC1CCC(O)C(N2CCC(N3CCCCC3)C2)C1. The van der Waals surface area contributed by atoms with Crippen LogP contribution in [0.4, 0.5) is 0 Å². The van der Waals surface area contributed by atoms with E-state index in [9.17, 15) is 5.11 Å². The van der Waals surface area contributed by atoms with Gasteiger partial charge in [0.05, 0.1) is 6.10 Å². The molecular weight excluding hydrogens is 260 g/mol. The van der Waals surface area contributed by atoms with Gasteiger partial charge in [0.15, 0.2) is 0 Å². The van der Waals surface area contributed by atoms with Crippen LogP contribution in [0.15, 0.2) is 0 Å². The van der Waals surface area contributed by atoms with E-state index in [2.05, 4.69) is 16.7 Å². The zero-order valence-corrected chi connectivity index (χ0v) is 13.8. The highest BCUT2D eigenvalue weighted by atomic mass is 16.3. The quantitative estimate of drug-likeness (QED) is 0.863. The van der Waals surface area contributed by atoms with E-state index in [1.165, 1.54) is 77.5 Å². The van der Waals surface area contributed by atoms with Crippen molar-refractivity contribution in [1.82, 2.24) is 9.80 Å². The first kappa shape index (κ1) is 15.8. The molecular formula is C18H34N2O. The Morgan fingerprint density at radius 2 is 1.76 bits per heavy atom. The Kier molecular flexibility index (Phi) is 5.58. The van der Waals surface area contributed by atoms with Gasteiger partial charge in [-0.15, -0.1) is 0 Å². The molecule has 1 aliphatic carbocycles. The maximum absolute atomic E-state index is 10.5. The monoisotopic (exact) mass is 294 g/mol. The van der Waals surface area contributed by atoms with Crippen molar-refractivity contribution < 1.29 is 5.11 Å². The van der Waals surface area contributed by atoms with Gasteiger partial charge in [0, 0.05) is 25.2 Å². The molecule has 122 valence electrons. The number of likely N-dealkylation sites (tertiary alicyclic amines) is 2. The van der Waals surface area contributed by atoms with E-state index < -0.39 is 0 Å². The summed E-state index contributed by atoms with van der Waals surface area (Å²) in [7, 11) is 0. The van der Waals surface area contributed by atoms with Crippen molar-refractivity contribution in [1.29, 1.82) is 0 Å². The summed E-state index contributed by atoms with van der Waals surface area (Å²) in [5.74, 6) is 0.859. The first-order valence-electron chi connectivity index (χ1n) is 9.44. The van der Waals surface area contributed by atoms with Crippen molar-refractivity contribution in [3.8, 4) is 0 Å². The number of aliphatic hydroxyl groups is 1. The molecule has 3 heteroatoms. The van der Waals surface area contributed by atoms with Crippen LogP contribution >= 0.6 is 0 Å². The van der Waals surface area contributed by atoms with E-state index in [0.717, 1.165) is 18.4 Å². The van der Waals surface area contributed by atoms with Gasteiger partial charge in [-0.1, -0.05) is 26.2 Å². The second kappa shape index (κ2) is 7.43. The Bertz CT molecular complexity index is 316. The van der Waals surface area contributed by atoms with E-state index in [4.69, 9.17) is 0 Å². The van der Waals surface area contributed by atoms with E-state index in [1.54, 1.807) is 0 Å². The third kappa shape index (κ3) is 3.80. The number of hydrogen-bond acceptors (Lipinski definition) is 3. The molecule has 0 aromatic heterocycles. The molecule has 2 aliphatic heterocycles. The highest BCUT2D eigenvalue weighted by Crippen LogP contribution is 2.33. The fraction of sp³-hybridized carbons (Fsp3) is 1.00. The zero-order valence-electron chi connectivity index (χ0n) is 13.8. The normalized spacial score (nSPS) is 39.7. The molecule has 4 unspecified atom stereocenters. The molecule has 1 saturated carbocycles. The van der Waals surface area contributed by atoms with Crippen molar-refractivity contribution in [2.24, 2.45) is 5.92 Å². The lowest BCUT2D eigenvalue weighted by atomic mass is 9.81. The van der Waals surface area contributed by atoms with Crippen LogP contribution in [0.3, 0.4) is 0 Å². The molecule has 1 N–H and O–H groups in total. The molecule has 3 rings (SSSR count). The van der Waals surface area contributed by atoms with E-state index >= 15 is 0 Å². The third-order valence-corrected chi connectivity index (χ3v) is 6.16. The molecule has 0 aromatic carbocycles. The smallest absolute Gasteiger partial charge is 0.0695 e. The summed E-state index contributed by atoms with van der Waals surface area (Å²) in [5.41, 5.74) is 0. The van der Waals surface area contributed by atoms with Crippen LogP contribution in [0.5, 0.6) is 0 Å². The fourth-order valence-corrected chi connectivity index (χ4v) is 4.93. The Labute approximate surface area is 130 Å². The van der Waals surface area contributed by atoms with Crippen molar-refractivity contribution in [2.45, 2.75) is 82.9 Å². The Morgan fingerprint density at radius 1 is 0.952 bits per heavy atom. The molecule has 0 spiro atoms. The lowest BCUT2D eigenvalue weighted by Crippen LogP contribution is -2.48. The minimum Gasteiger partial charge on any atom is -0.391 e. The fourth-order valence-electron chi connectivity index (χ4n) is 4.93. The second-order valence-electron chi connectivity index (χ2n) is 7.64. The maximum Gasteiger partial charge on any atom is 0.0695 e. The van der Waals surface area contributed by atoms with Gasteiger partial charge in [-0.2, -0.15) is 0 Å². The lowest BCUT2D eigenvalue weighted by molar-refractivity contribution is 0.00808. The van der Waals surface area contributed by atoms with Crippen LogP contribution < -0.4 is 0 Å². The van der Waals surface area contributed by atoms with Crippen LogP contribution in [0.25, 0.3) is 0 Å². The number of nitrogens with zero attached hydrogens (tertiary/aromatic N) is 2. The molecule has 4 atom stereocenters. The highest BCUT2D eigenvalue weighted by molar-refractivity contribution is 4.93. The molecule has 0 amide bonds. The summed E-state index contributed by atoms with van der Waals surface area (Å²) >= 11 is 0. The van der Waals surface area contributed by atoms with E-state index in [0.29, 0.717) is 6.04 Å². The zero-order chi connectivity index (χ0) is 14.7. The molecule has 21 heavy (non-hydrogen) atoms. The van der Waals surface area contributed by atoms with Gasteiger partial charge >= 0.3 is 0 Å². The molecule has 2 heterocycles. The Hall–Kier alpha value is -0.120. The standard InChI is InChI=1S/C18H34N2O/c1-2-6-15-7-8-18(21)17(13-15)20-12-9-16(14-20)19-10-4-3-5-11-19/h15-18,21H,2-14H2,1H3. The first-order chi connectivity index (χ1) is 10.3. The molecule has 0 radical (unpaired) electrons. The minimum absolute atomic E-state index is 0.0711. The molecule has 3 nitrogen and oxygen atoms in total. The first-order valence-corrected chi connectivity index (χ1v) is 9.44. The maximum atomic E-state index is 10.5. The van der Waals surface area contributed by atoms with Gasteiger partial charge in [-0.05, 0) is 57.5 Å². The van der Waals surface area contributed by atoms with Crippen molar-refractivity contribution >= 4 is 0 Å². The number of rotatable bonds is 4. The molecule has 3 fully saturated rings. The summed E-state index contributed by atoms with van der Waals surface area (Å²) in [4.78, 5) is 5.36. The van der Waals surface area contributed by atoms with Gasteiger partial charge in [0.1, 0.15) is 0 Å². The van der Waals surface area contributed by atoms with Gasteiger partial charge in [0.25, 0.3) is 0 Å². The molecule has 2 saturated heterocycles. The van der Waals surface area contributed by atoms with Gasteiger partial charge < -0.3 is 5.11 Å². The van der Waals surface area contributed by atoms with Crippen molar-refractivity contribution in [3.05, 3.63) is 0 Å². The number of aliphatic hydroxyl groups excluding tert-OH is 1. The Morgan fingerprint density at radius 3 is 2.52 bits per heavy atom. The summed E-state index contributed by atoms with van der Waals surface area (Å²) < 4.78 is 0. The van der Waals surface area contributed by atoms with Crippen molar-refractivity contribution in [3.63, 3.8) is 0 Å². The average molecular weight is 294 g/mol. The number of hydrogen-bond donors (Lipinski definition) is 1. The van der Waals surface area contributed by atoms with E-state index in [-0.39, 0.29) is 6.10 Å². The lowest BCUT2D eigenvalue weighted by Gasteiger charge is -2.39. The highest BCUT2D eigenvalue weighted by Gasteiger charge is 2.38.